The molecule has 2 nitrogen and oxygen atoms in total. The monoisotopic (exact) mass is 372 g/mol. The third kappa shape index (κ3) is 4.62. The molecule has 0 bridgehead atoms. The van der Waals surface area contributed by atoms with Crippen molar-refractivity contribution >= 4 is 47.0 Å². The average Bonchev–Trinajstić information content (AvgIpc) is 3.34. The smallest absolute Gasteiger partial charge is 0.208 e. The molecule has 0 N–H and O–H groups in total. The molecule has 0 aromatic heterocycles. The van der Waals surface area contributed by atoms with Gasteiger partial charge in [-0.1, -0.05) is 12.8 Å². The topological polar surface area (TPSA) is 34.1 Å². The molecule has 1 heterocycles. The maximum atomic E-state index is 11.7. The van der Waals surface area contributed by atoms with Crippen LogP contribution in [-0.2, 0) is 0 Å². The summed E-state index contributed by atoms with van der Waals surface area (Å²) in [6.07, 6.45) is 7.07. The lowest BCUT2D eigenvalue weighted by Gasteiger charge is -2.00. The van der Waals surface area contributed by atoms with Gasteiger partial charge in [0.1, 0.15) is 0 Å². The summed E-state index contributed by atoms with van der Waals surface area (Å²) in [5, 5.41) is 0. The minimum absolute atomic E-state index is 0.303. The summed E-state index contributed by atoms with van der Waals surface area (Å²) < 4.78 is 0. The van der Waals surface area contributed by atoms with E-state index in [9.17, 15) is 9.59 Å². The Bertz CT molecular complexity index is 577. The van der Waals surface area contributed by atoms with Gasteiger partial charge in [-0.25, -0.2) is 0 Å². The van der Waals surface area contributed by atoms with Gasteiger partial charge in [0.2, 0.25) is 10.9 Å². The molecule has 0 atom stereocenters. The van der Waals surface area contributed by atoms with Crippen LogP contribution < -0.4 is 10.9 Å². The summed E-state index contributed by atoms with van der Waals surface area (Å²) in [5.74, 6) is 4.20. The van der Waals surface area contributed by atoms with Gasteiger partial charge in [0.15, 0.2) is 0 Å². The van der Waals surface area contributed by atoms with Crippen LogP contribution in [-0.4, -0.2) is 23.0 Å². The number of fused-ring (bicyclic) bond motifs is 2. The van der Waals surface area contributed by atoms with Crippen molar-refractivity contribution in [3.05, 3.63) is 20.4 Å². The number of rotatable bonds is 0. The molecule has 0 spiro atoms. The highest BCUT2D eigenvalue weighted by Gasteiger charge is 2.24. The molecule has 1 aliphatic rings. The lowest BCUT2D eigenvalue weighted by atomic mass is 10.2. The highest BCUT2D eigenvalue weighted by atomic mass is 32.2. The zero-order valence-corrected chi connectivity index (χ0v) is 15.8. The summed E-state index contributed by atoms with van der Waals surface area (Å²) in [6.45, 7) is 0. The molecule has 120 valence electrons. The zero-order chi connectivity index (χ0) is 15.4. The van der Waals surface area contributed by atoms with Crippen LogP contribution in [0.4, 0.5) is 0 Å². The standard InChI is InChI=1S/C16H20O2S4/c17-11-13-15(11)21-9-5-6-10-22-16-12(18)14(16)20-8-4-2-1-3-7-19-13/h1-10H2. The van der Waals surface area contributed by atoms with E-state index in [1.165, 1.54) is 25.7 Å². The third-order valence-electron chi connectivity index (χ3n) is 3.68. The van der Waals surface area contributed by atoms with Crippen molar-refractivity contribution < 1.29 is 0 Å². The fourth-order valence-electron chi connectivity index (χ4n) is 2.26. The summed E-state index contributed by atoms with van der Waals surface area (Å²) in [6, 6.07) is 0. The summed E-state index contributed by atoms with van der Waals surface area (Å²) in [4.78, 5) is 27.5. The summed E-state index contributed by atoms with van der Waals surface area (Å²) >= 11 is 6.98. The minimum Gasteiger partial charge on any atom is -0.287 e. The lowest BCUT2D eigenvalue weighted by molar-refractivity contribution is 0.711. The first kappa shape index (κ1) is 17.1. The van der Waals surface area contributed by atoms with Crippen molar-refractivity contribution in [2.45, 2.75) is 58.1 Å². The first-order valence-electron chi connectivity index (χ1n) is 7.88. The SMILES string of the molecule is O=c1c2c1SCCCCSc1c(c1=O)SCCCCCCS2. The van der Waals surface area contributed by atoms with Crippen molar-refractivity contribution in [1.29, 1.82) is 0 Å². The molecule has 0 aliphatic carbocycles. The van der Waals surface area contributed by atoms with Crippen molar-refractivity contribution in [1.82, 2.24) is 0 Å². The van der Waals surface area contributed by atoms with E-state index in [0.29, 0.717) is 10.9 Å². The molecule has 6 heteroatoms. The van der Waals surface area contributed by atoms with Crippen LogP contribution in [0.25, 0.3) is 0 Å². The fraction of sp³-hybridized carbons (Fsp3) is 0.625. The second-order valence-corrected chi connectivity index (χ2v) is 9.91. The van der Waals surface area contributed by atoms with Gasteiger partial charge in [-0.15, -0.1) is 47.0 Å². The van der Waals surface area contributed by atoms with Gasteiger partial charge < -0.3 is 0 Å². The van der Waals surface area contributed by atoms with Crippen molar-refractivity contribution in [3.63, 3.8) is 0 Å². The average molecular weight is 373 g/mol. The molecule has 0 fully saturated rings. The van der Waals surface area contributed by atoms with Gasteiger partial charge in [0, 0.05) is 0 Å². The Hall–Kier alpha value is 0.220. The minimum atomic E-state index is 0.303. The van der Waals surface area contributed by atoms with Crippen molar-refractivity contribution in [3.8, 4) is 0 Å². The number of thioether (sulfide) groups is 4. The van der Waals surface area contributed by atoms with E-state index < -0.39 is 0 Å². The van der Waals surface area contributed by atoms with Crippen LogP contribution in [0.5, 0.6) is 0 Å². The Morgan fingerprint density at radius 3 is 1.05 bits per heavy atom. The Morgan fingerprint density at radius 1 is 0.455 bits per heavy atom. The van der Waals surface area contributed by atoms with Crippen LogP contribution in [0.2, 0.25) is 0 Å². The molecule has 1 aliphatic heterocycles. The Kier molecular flexibility index (Phi) is 6.48. The Balaban J connectivity index is 1.46. The Labute approximate surface area is 148 Å². The van der Waals surface area contributed by atoms with Gasteiger partial charge in [-0.2, -0.15) is 0 Å². The second kappa shape index (κ2) is 8.36. The van der Waals surface area contributed by atoms with Gasteiger partial charge in [0.05, 0.1) is 19.6 Å². The third-order valence-corrected chi connectivity index (χ3v) is 8.62. The molecule has 0 unspecified atom stereocenters. The van der Waals surface area contributed by atoms with Crippen LogP contribution in [0.15, 0.2) is 29.2 Å². The quantitative estimate of drug-likeness (QED) is 0.673. The molecule has 0 amide bonds. The van der Waals surface area contributed by atoms with Crippen LogP contribution in [0, 0.1) is 0 Å². The molecular weight excluding hydrogens is 352 g/mol. The molecule has 2 aromatic rings. The van der Waals surface area contributed by atoms with Gasteiger partial charge in [-0.3, -0.25) is 9.59 Å². The van der Waals surface area contributed by atoms with Crippen molar-refractivity contribution in [2.24, 2.45) is 0 Å². The van der Waals surface area contributed by atoms with E-state index >= 15 is 0 Å². The zero-order valence-electron chi connectivity index (χ0n) is 12.5. The van der Waals surface area contributed by atoms with E-state index in [2.05, 4.69) is 0 Å². The first-order chi connectivity index (χ1) is 10.8. The maximum absolute atomic E-state index is 11.7. The van der Waals surface area contributed by atoms with Crippen molar-refractivity contribution in [2.75, 3.05) is 23.0 Å². The van der Waals surface area contributed by atoms with Crippen LogP contribution in [0.3, 0.4) is 0 Å². The predicted molar refractivity (Wildman–Crippen MR) is 101 cm³/mol. The highest BCUT2D eigenvalue weighted by Crippen LogP contribution is 2.36. The number of hydrogen-bond acceptors (Lipinski definition) is 6. The highest BCUT2D eigenvalue weighted by molar-refractivity contribution is 8.03. The second-order valence-electron chi connectivity index (χ2n) is 5.49. The van der Waals surface area contributed by atoms with Gasteiger partial charge in [0.25, 0.3) is 0 Å². The Morgan fingerprint density at radius 2 is 0.727 bits per heavy atom. The van der Waals surface area contributed by atoms with E-state index in [1.807, 2.05) is 0 Å². The normalized spacial score (nSPS) is 20.4. The van der Waals surface area contributed by atoms with E-state index in [-0.39, 0.29) is 0 Å². The van der Waals surface area contributed by atoms with E-state index in [1.54, 1.807) is 47.0 Å². The molecule has 2 aromatic carbocycles. The summed E-state index contributed by atoms with van der Waals surface area (Å²) in [5.41, 5.74) is 0.606. The largest absolute Gasteiger partial charge is 0.287 e. The molecule has 0 radical (unpaired) electrons. The first-order valence-corrected chi connectivity index (χ1v) is 11.8. The van der Waals surface area contributed by atoms with Gasteiger partial charge in [-0.05, 0) is 48.7 Å². The predicted octanol–water partition coefficient (Wildman–Crippen LogP) is 4.58. The molecule has 22 heavy (non-hydrogen) atoms. The lowest BCUT2D eigenvalue weighted by Crippen LogP contribution is -1.84. The van der Waals surface area contributed by atoms with Gasteiger partial charge >= 0.3 is 0 Å². The van der Waals surface area contributed by atoms with Crippen LogP contribution in [0.1, 0.15) is 38.5 Å². The molecule has 0 saturated heterocycles. The molecule has 0 saturated carbocycles. The van der Waals surface area contributed by atoms with E-state index in [4.69, 9.17) is 0 Å². The maximum Gasteiger partial charge on any atom is 0.208 e. The molecular formula is C16H20O2S4. The van der Waals surface area contributed by atoms with Crippen LogP contribution >= 0.6 is 47.0 Å². The molecule has 3 rings (SSSR count). The number of hydrogen-bond donors (Lipinski definition) is 0. The summed E-state index contributed by atoms with van der Waals surface area (Å²) in [7, 11) is 0. The fourth-order valence-corrected chi connectivity index (χ4v) is 6.93. The van der Waals surface area contributed by atoms with E-state index in [0.717, 1.165) is 55.4 Å².